The van der Waals surface area contributed by atoms with E-state index in [0.717, 1.165) is 48.5 Å². The molecule has 0 aliphatic carbocycles. The van der Waals surface area contributed by atoms with Gasteiger partial charge in [-0.1, -0.05) is 53.4 Å². The van der Waals surface area contributed by atoms with Gasteiger partial charge in [-0.15, -0.1) is 15.3 Å². The predicted molar refractivity (Wildman–Crippen MR) is 182 cm³/mol. The van der Waals surface area contributed by atoms with Crippen molar-refractivity contribution in [2.45, 2.75) is 117 Å². The molecule has 0 spiro atoms. The Morgan fingerprint density at radius 2 is 1.00 bits per heavy atom. The van der Waals surface area contributed by atoms with Crippen LogP contribution in [0.25, 0.3) is 0 Å². The fourth-order valence-corrected chi connectivity index (χ4v) is 5.20. The van der Waals surface area contributed by atoms with Gasteiger partial charge in [-0.3, -0.25) is 5.43 Å². The van der Waals surface area contributed by atoms with Crippen molar-refractivity contribution in [3.63, 3.8) is 0 Å². The monoisotopic (exact) mass is 683 g/mol. The number of halogens is 6. The highest BCUT2D eigenvalue weighted by Gasteiger charge is 2.31. The second kappa shape index (κ2) is 23.0. The summed E-state index contributed by atoms with van der Waals surface area (Å²) in [6, 6.07) is 9.17. The van der Waals surface area contributed by atoms with E-state index in [4.69, 9.17) is 5.26 Å². The number of benzene rings is 2. The molecule has 0 radical (unpaired) electrons. The maximum Gasteiger partial charge on any atom is 0.416 e. The Balaban J connectivity index is 0.000000498. The first-order valence-corrected chi connectivity index (χ1v) is 17.2. The Labute approximate surface area is 282 Å². The van der Waals surface area contributed by atoms with Crippen LogP contribution in [-0.2, 0) is 12.4 Å². The molecule has 268 valence electrons. The molecular formula is C36H53F6N6+. The number of rotatable bonds is 19. The zero-order valence-electron chi connectivity index (χ0n) is 28.9. The summed E-state index contributed by atoms with van der Waals surface area (Å²) >= 11 is 0. The SMILES string of the molecule is CCCCC[N+](CCCCC)(CCCCC)CCCCC.N#C/C(N=Nc1ccc(C(F)(F)F)cc1)=N\Nc1ccc(C(F)(F)F)cc1. The highest BCUT2D eigenvalue weighted by atomic mass is 19.4. The second-order valence-corrected chi connectivity index (χ2v) is 12.0. The molecule has 1 N–H and O–H groups in total. The predicted octanol–water partition coefficient (Wildman–Crippen LogP) is 12.3. The molecule has 6 nitrogen and oxygen atoms in total. The van der Waals surface area contributed by atoms with Crippen LogP contribution in [0, 0.1) is 11.3 Å². The largest absolute Gasteiger partial charge is 0.416 e. The van der Waals surface area contributed by atoms with Crippen LogP contribution in [-0.4, -0.2) is 36.5 Å². The van der Waals surface area contributed by atoms with Crippen LogP contribution >= 0.6 is 0 Å². The summed E-state index contributed by atoms with van der Waals surface area (Å²) in [5.74, 6) is -0.477. The molecule has 0 unspecified atom stereocenters. The molecule has 0 amide bonds. The Hall–Kier alpha value is -3.46. The van der Waals surface area contributed by atoms with Gasteiger partial charge in [0.25, 0.3) is 5.84 Å². The summed E-state index contributed by atoms with van der Waals surface area (Å²) < 4.78 is 76.2. The quantitative estimate of drug-likeness (QED) is 0.0304. The molecule has 0 atom stereocenters. The van der Waals surface area contributed by atoms with Crippen molar-refractivity contribution in [3.8, 4) is 6.07 Å². The number of quaternary nitrogens is 1. The van der Waals surface area contributed by atoms with E-state index in [1.807, 2.05) is 0 Å². The number of nitriles is 1. The van der Waals surface area contributed by atoms with Crippen molar-refractivity contribution < 1.29 is 30.8 Å². The molecule has 0 aliphatic rings. The number of hydrazone groups is 1. The number of hydrogen-bond donors (Lipinski definition) is 1. The molecule has 0 saturated heterocycles. The van der Waals surface area contributed by atoms with Crippen LogP contribution < -0.4 is 5.43 Å². The lowest BCUT2D eigenvalue weighted by Crippen LogP contribution is -2.50. The molecule has 48 heavy (non-hydrogen) atoms. The summed E-state index contributed by atoms with van der Waals surface area (Å²) in [6.45, 7) is 15.1. The van der Waals surface area contributed by atoms with Crippen molar-refractivity contribution in [2.75, 3.05) is 31.6 Å². The van der Waals surface area contributed by atoms with Gasteiger partial charge in [0.05, 0.1) is 48.7 Å². The van der Waals surface area contributed by atoms with E-state index in [0.29, 0.717) is 0 Å². The third-order valence-corrected chi connectivity index (χ3v) is 8.00. The first-order chi connectivity index (χ1) is 22.8. The molecule has 2 rings (SSSR count). The maximum absolute atomic E-state index is 12.5. The number of alkyl halides is 6. The van der Waals surface area contributed by atoms with Gasteiger partial charge in [0, 0.05) is 0 Å². The Morgan fingerprint density at radius 3 is 1.33 bits per heavy atom. The smallest absolute Gasteiger partial charge is 0.324 e. The topological polar surface area (TPSA) is 72.9 Å². The van der Waals surface area contributed by atoms with E-state index in [2.05, 4.69) is 48.5 Å². The van der Waals surface area contributed by atoms with E-state index in [-0.39, 0.29) is 11.4 Å². The number of hydrogen-bond acceptors (Lipinski definition) is 4. The van der Waals surface area contributed by atoms with Gasteiger partial charge in [0.1, 0.15) is 6.07 Å². The highest BCUT2D eigenvalue weighted by molar-refractivity contribution is 5.97. The maximum atomic E-state index is 12.5. The number of azo groups is 1. The van der Waals surface area contributed by atoms with Crippen molar-refractivity contribution in [2.24, 2.45) is 15.3 Å². The van der Waals surface area contributed by atoms with Gasteiger partial charge in [-0.25, -0.2) is 0 Å². The minimum absolute atomic E-state index is 0.0560. The zero-order valence-corrected chi connectivity index (χ0v) is 28.9. The average molecular weight is 684 g/mol. The van der Waals surface area contributed by atoms with Gasteiger partial charge >= 0.3 is 12.4 Å². The first kappa shape index (κ1) is 42.6. The highest BCUT2D eigenvalue weighted by Crippen LogP contribution is 2.31. The second-order valence-electron chi connectivity index (χ2n) is 12.0. The zero-order chi connectivity index (χ0) is 35.9. The number of amidine groups is 1. The van der Waals surface area contributed by atoms with Crippen molar-refractivity contribution in [1.29, 1.82) is 5.26 Å². The van der Waals surface area contributed by atoms with Crippen molar-refractivity contribution >= 4 is 17.2 Å². The normalized spacial score (nSPS) is 12.5. The summed E-state index contributed by atoms with van der Waals surface area (Å²) in [5, 5.41) is 19.5. The van der Waals surface area contributed by atoms with E-state index in [9.17, 15) is 26.3 Å². The number of nitrogens with zero attached hydrogens (tertiary/aromatic N) is 5. The average Bonchev–Trinajstić information content (AvgIpc) is 3.05. The molecular weight excluding hydrogens is 630 g/mol. The van der Waals surface area contributed by atoms with E-state index < -0.39 is 29.3 Å². The van der Waals surface area contributed by atoms with Crippen LogP contribution in [0.1, 0.15) is 116 Å². The first-order valence-electron chi connectivity index (χ1n) is 17.2. The van der Waals surface area contributed by atoms with Gasteiger partial charge in [-0.05, 0) is 99.9 Å². The van der Waals surface area contributed by atoms with Gasteiger partial charge in [-0.2, -0.15) is 31.6 Å². The number of nitrogens with one attached hydrogen (secondary N) is 1. The van der Waals surface area contributed by atoms with Crippen molar-refractivity contribution in [1.82, 2.24) is 0 Å². The minimum atomic E-state index is -4.49. The summed E-state index contributed by atoms with van der Waals surface area (Å²) in [6.07, 6.45) is 7.96. The Morgan fingerprint density at radius 1 is 0.625 bits per heavy atom. The lowest BCUT2D eigenvalue weighted by molar-refractivity contribution is -0.929. The van der Waals surface area contributed by atoms with Crippen LogP contribution in [0.15, 0.2) is 63.9 Å². The third kappa shape index (κ3) is 17.6. The lowest BCUT2D eigenvalue weighted by Gasteiger charge is -2.39. The summed E-state index contributed by atoms with van der Waals surface area (Å²) in [7, 11) is 0. The molecule has 0 fully saturated rings. The van der Waals surface area contributed by atoms with E-state index >= 15 is 0 Å². The minimum Gasteiger partial charge on any atom is -0.324 e. The number of unbranched alkanes of at least 4 members (excludes halogenated alkanes) is 8. The fraction of sp³-hybridized carbons (Fsp3) is 0.611. The molecule has 0 heterocycles. The Kier molecular flexibility index (Phi) is 20.4. The molecule has 0 aliphatic heterocycles. The van der Waals surface area contributed by atoms with Crippen LogP contribution in [0.2, 0.25) is 0 Å². The third-order valence-electron chi connectivity index (χ3n) is 8.00. The van der Waals surface area contributed by atoms with Gasteiger partial charge < -0.3 is 4.48 Å². The van der Waals surface area contributed by atoms with Gasteiger partial charge in [0.2, 0.25) is 0 Å². The number of anilines is 1. The van der Waals surface area contributed by atoms with Crippen LogP contribution in [0.4, 0.5) is 37.7 Å². The summed E-state index contributed by atoms with van der Waals surface area (Å²) in [4.78, 5) is 0. The Bertz CT molecular complexity index is 1190. The molecule has 0 saturated carbocycles. The lowest BCUT2D eigenvalue weighted by atomic mass is 10.1. The molecule has 2 aromatic carbocycles. The molecule has 0 bridgehead atoms. The standard InChI is InChI=1S/C20H44N.C16H9F6N5/c1-5-9-13-17-21(18-14-10-6-2,19-15-11-7-3)20-16-12-8-4;17-15(18,19)10-1-5-12(6-2-10)24-26-14(9-23)27-25-13-7-3-11(4-8-13)16(20,21)22/h5-20H2,1-4H3;1-8,24H/q+1;/b;26-14+,27-25?. The molecule has 0 aromatic heterocycles. The van der Waals surface area contributed by atoms with E-state index in [1.165, 1.54) is 108 Å². The van der Waals surface area contributed by atoms with Gasteiger partial charge in [0.15, 0.2) is 0 Å². The molecule has 12 heteroatoms. The van der Waals surface area contributed by atoms with Crippen molar-refractivity contribution in [3.05, 3.63) is 59.7 Å². The fourth-order valence-electron chi connectivity index (χ4n) is 5.20. The molecule has 2 aromatic rings. The van der Waals surface area contributed by atoms with Crippen LogP contribution in [0.5, 0.6) is 0 Å². The van der Waals surface area contributed by atoms with Crippen LogP contribution in [0.3, 0.4) is 0 Å². The van der Waals surface area contributed by atoms with E-state index in [1.54, 1.807) is 6.07 Å². The summed E-state index contributed by atoms with van der Waals surface area (Å²) in [5.41, 5.74) is 0.849.